The molecule has 1 rings (SSSR count). The summed E-state index contributed by atoms with van der Waals surface area (Å²) in [6.07, 6.45) is 0.894. The summed E-state index contributed by atoms with van der Waals surface area (Å²) in [5.41, 5.74) is 0. The van der Waals surface area contributed by atoms with Crippen molar-refractivity contribution in [1.29, 1.82) is 0 Å². The van der Waals surface area contributed by atoms with E-state index in [1.165, 1.54) is 11.0 Å². The molecule has 72 valence electrons. The third-order valence-electron chi connectivity index (χ3n) is 1.94. The highest BCUT2D eigenvalue weighted by Crippen LogP contribution is 2.15. The molecule has 1 amide bonds. The lowest BCUT2D eigenvalue weighted by Gasteiger charge is -2.21. The van der Waals surface area contributed by atoms with Gasteiger partial charge in [0.2, 0.25) is 5.91 Å². The zero-order valence-electron chi connectivity index (χ0n) is 7.66. The predicted octanol–water partition coefficient (Wildman–Crippen LogP) is 0.336. The Kier molecular flexibility index (Phi) is 3.19. The highest BCUT2D eigenvalue weighted by molar-refractivity contribution is 5.95. The Morgan fingerprint density at radius 3 is 3.08 bits per heavy atom. The van der Waals surface area contributed by atoms with Crippen molar-refractivity contribution in [2.24, 2.45) is 0 Å². The van der Waals surface area contributed by atoms with Crippen LogP contribution in [0.15, 0.2) is 12.7 Å². The van der Waals surface area contributed by atoms with Gasteiger partial charge in [-0.05, 0) is 13.0 Å². The first kappa shape index (κ1) is 9.92. The van der Waals surface area contributed by atoms with Crippen molar-refractivity contribution >= 4 is 11.7 Å². The van der Waals surface area contributed by atoms with E-state index in [0.29, 0.717) is 19.6 Å². The molecule has 0 aromatic heterocycles. The summed E-state index contributed by atoms with van der Waals surface area (Å²) in [5, 5.41) is 0. The minimum Gasteiger partial charge on any atom is -0.351 e. The zero-order chi connectivity index (χ0) is 9.84. The first-order valence-electron chi connectivity index (χ1n) is 4.28. The van der Waals surface area contributed by atoms with E-state index in [9.17, 15) is 9.59 Å². The van der Waals surface area contributed by atoms with E-state index in [4.69, 9.17) is 4.74 Å². The first-order valence-corrected chi connectivity index (χ1v) is 4.28. The smallest absolute Gasteiger partial charge is 0.248 e. The molecular formula is C9H13NO3. The van der Waals surface area contributed by atoms with Gasteiger partial charge >= 0.3 is 0 Å². The fraction of sp³-hybridized carbons (Fsp3) is 0.556. The Bertz CT molecular complexity index is 237. The van der Waals surface area contributed by atoms with E-state index in [-0.39, 0.29) is 11.7 Å². The third kappa shape index (κ3) is 1.95. The molecule has 4 nitrogen and oxygen atoms in total. The third-order valence-corrected chi connectivity index (χ3v) is 1.94. The number of Topliss-reactive ketones (excluding diaryl/α,β-unsaturated/α-hetero) is 1. The summed E-state index contributed by atoms with van der Waals surface area (Å²) in [6.45, 7) is 6.03. The molecule has 0 aliphatic carbocycles. The van der Waals surface area contributed by atoms with Gasteiger partial charge in [-0.3, -0.25) is 9.59 Å². The zero-order valence-corrected chi connectivity index (χ0v) is 7.66. The molecule has 0 aromatic rings. The van der Waals surface area contributed by atoms with Crippen molar-refractivity contribution in [3.05, 3.63) is 12.7 Å². The van der Waals surface area contributed by atoms with Crippen LogP contribution in [0.4, 0.5) is 0 Å². The van der Waals surface area contributed by atoms with Gasteiger partial charge in [0.15, 0.2) is 12.0 Å². The number of ketones is 1. The number of carbonyl (C=O) groups excluding carboxylic acids is 2. The molecule has 1 aliphatic rings. The second-order valence-electron chi connectivity index (χ2n) is 2.76. The van der Waals surface area contributed by atoms with Crippen molar-refractivity contribution in [2.75, 3.05) is 13.2 Å². The molecule has 0 aromatic carbocycles. The van der Waals surface area contributed by atoms with E-state index >= 15 is 0 Å². The largest absolute Gasteiger partial charge is 0.351 e. The van der Waals surface area contributed by atoms with Crippen molar-refractivity contribution in [2.45, 2.75) is 19.6 Å². The summed E-state index contributed by atoms with van der Waals surface area (Å²) in [5.74, 6) is -0.277. The van der Waals surface area contributed by atoms with Crippen molar-refractivity contribution in [3.8, 4) is 0 Å². The summed E-state index contributed by atoms with van der Waals surface area (Å²) in [4.78, 5) is 23.9. The van der Waals surface area contributed by atoms with Gasteiger partial charge in [0.05, 0.1) is 0 Å². The molecule has 1 saturated heterocycles. The number of hydrogen-bond donors (Lipinski definition) is 0. The lowest BCUT2D eigenvalue weighted by atomic mass is 10.3. The van der Waals surface area contributed by atoms with Gasteiger partial charge in [0, 0.05) is 19.6 Å². The normalized spacial score (nSPS) is 22.1. The number of nitrogens with zero attached hydrogens (tertiary/aromatic N) is 1. The molecular weight excluding hydrogens is 170 g/mol. The lowest BCUT2D eigenvalue weighted by Crippen LogP contribution is -2.39. The predicted molar refractivity (Wildman–Crippen MR) is 46.9 cm³/mol. The van der Waals surface area contributed by atoms with Crippen LogP contribution in [-0.2, 0) is 14.3 Å². The maximum absolute atomic E-state index is 11.2. The van der Waals surface area contributed by atoms with Crippen molar-refractivity contribution in [3.63, 3.8) is 0 Å². The Morgan fingerprint density at radius 1 is 1.85 bits per heavy atom. The monoisotopic (exact) mass is 183 g/mol. The number of likely N-dealkylation sites (tertiary alicyclic amines) is 1. The average Bonchev–Trinajstić information content (AvgIpc) is 2.48. The minimum atomic E-state index is -0.685. The Hall–Kier alpha value is -1.16. The number of amides is 1. The average molecular weight is 183 g/mol. The number of carbonyl (C=O) groups is 2. The fourth-order valence-corrected chi connectivity index (χ4v) is 1.33. The van der Waals surface area contributed by atoms with Gasteiger partial charge in [0.25, 0.3) is 0 Å². The Balaban J connectivity index is 2.68. The molecule has 1 fully saturated rings. The second-order valence-corrected chi connectivity index (χ2v) is 2.76. The molecule has 4 heteroatoms. The molecule has 0 N–H and O–H groups in total. The van der Waals surface area contributed by atoms with Crippen LogP contribution in [0.1, 0.15) is 13.3 Å². The van der Waals surface area contributed by atoms with E-state index < -0.39 is 6.23 Å². The van der Waals surface area contributed by atoms with Gasteiger partial charge in [-0.15, -0.1) is 0 Å². The van der Waals surface area contributed by atoms with Crippen LogP contribution in [0.3, 0.4) is 0 Å². The highest BCUT2D eigenvalue weighted by atomic mass is 16.5. The lowest BCUT2D eigenvalue weighted by molar-refractivity contribution is -0.146. The van der Waals surface area contributed by atoms with Crippen LogP contribution in [0.2, 0.25) is 0 Å². The standard InChI is InChI=1S/C9H13NO3/c1-3-8(12)10-6-5-7(11)9(10)13-4-2/h3,9H,1,4-6H2,2H3. The molecule has 1 aliphatic heterocycles. The van der Waals surface area contributed by atoms with Crippen molar-refractivity contribution in [1.82, 2.24) is 4.90 Å². The minimum absolute atomic E-state index is 0.0305. The van der Waals surface area contributed by atoms with Crippen molar-refractivity contribution < 1.29 is 14.3 Å². The van der Waals surface area contributed by atoms with Crippen LogP contribution in [-0.4, -0.2) is 36.0 Å². The van der Waals surface area contributed by atoms with Crippen LogP contribution >= 0.6 is 0 Å². The van der Waals surface area contributed by atoms with Gasteiger partial charge in [-0.25, -0.2) is 0 Å². The quantitative estimate of drug-likeness (QED) is 0.592. The SMILES string of the molecule is C=CC(=O)N1CCC(=O)C1OCC. The molecule has 0 bridgehead atoms. The van der Waals surface area contributed by atoms with E-state index in [1.54, 1.807) is 6.92 Å². The summed E-state index contributed by atoms with van der Waals surface area (Å²) < 4.78 is 5.16. The van der Waals surface area contributed by atoms with Gasteiger partial charge in [-0.2, -0.15) is 0 Å². The van der Waals surface area contributed by atoms with Gasteiger partial charge in [-0.1, -0.05) is 6.58 Å². The molecule has 0 spiro atoms. The number of rotatable bonds is 3. The number of hydrogen-bond acceptors (Lipinski definition) is 3. The number of ether oxygens (including phenoxy) is 1. The highest BCUT2D eigenvalue weighted by Gasteiger charge is 2.34. The van der Waals surface area contributed by atoms with Crippen LogP contribution < -0.4 is 0 Å². The van der Waals surface area contributed by atoms with E-state index in [1.807, 2.05) is 0 Å². The topological polar surface area (TPSA) is 46.6 Å². The fourth-order valence-electron chi connectivity index (χ4n) is 1.33. The second kappa shape index (κ2) is 4.18. The van der Waals surface area contributed by atoms with Gasteiger partial charge in [0.1, 0.15) is 0 Å². The molecule has 13 heavy (non-hydrogen) atoms. The first-order chi connectivity index (χ1) is 6.20. The summed E-state index contributed by atoms with van der Waals surface area (Å²) >= 11 is 0. The van der Waals surface area contributed by atoms with Crippen LogP contribution in [0.5, 0.6) is 0 Å². The van der Waals surface area contributed by atoms with Crippen LogP contribution in [0, 0.1) is 0 Å². The molecule has 0 saturated carbocycles. The van der Waals surface area contributed by atoms with Gasteiger partial charge < -0.3 is 9.64 Å². The Morgan fingerprint density at radius 2 is 2.54 bits per heavy atom. The molecule has 1 unspecified atom stereocenters. The molecule has 1 heterocycles. The maximum Gasteiger partial charge on any atom is 0.248 e. The maximum atomic E-state index is 11.2. The molecule has 0 radical (unpaired) electrons. The summed E-state index contributed by atoms with van der Waals surface area (Å²) in [6, 6.07) is 0. The summed E-state index contributed by atoms with van der Waals surface area (Å²) in [7, 11) is 0. The van der Waals surface area contributed by atoms with E-state index in [2.05, 4.69) is 6.58 Å². The Labute approximate surface area is 77.2 Å². The van der Waals surface area contributed by atoms with Crippen LogP contribution in [0.25, 0.3) is 0 Å². The van der Waals surface area contributed by atoms with E-state index in [0.717, 1.165) is 0 Å². The molecule has 1 atom stereocenters.